The number of carbonyl (C=O) groups is 1. The Bertz CT molecular complexity index is 1110. The van der Waals surface area contributed by atoms with E-state index in [1.54, 1.807) is 36.4 Å². The second kappa shape index (κ2) is 6.94. The van der Waals surface area contributed by atoms with Crippen LogP contribution in [0.25, 0.3) is 22.6 Å². The number of hydrogen-bond acceptors (Lipinski definition) is 3. The number of benzene rings is 3. The van der Waals surface area contributed by atoms with Crippen LogP contribution in [0.4, 0.5) is 5.69 Å². The van der Waals surface area contributed by atoms with Crippen molar-refractivity contribution in [2.24, 2.45) is 0 Å². The van der Waals surface area contributed by atoms with Crippen LogP contribution in [0.3, 0.4) is 0 Å². The molecule has 0 aliphatic carbocycles. The van der Waals surface area contributed by atoms with Crippen molar-refractivity contribution in [1.82, 2.24) is 4.98 Å². The molecule has 4 nitrogen and oxygen atoms in total. The highest BCUT2D eigenvalue weighted by molar-refractivity contribution is 9.10. The number of rotatable bonds is 3. The van der Waals surface area contributed by atoms with Gasteiger partial charge in [0.1, 0.15) is 5.52 Å². The molecule has 0 bridgehead atoms. The van der Waals surface area contributed by atoms with Crippen LogP contribution in [-0.4, -0.2) is 10.9 Å². The van der Waals surface area contributed by atoms with Gasteiger partial charge in [0.2, 0.25) is 5.89 Å². The quantitative estimate of drug-likeness (QED) is 0.426. The fourth-order valence-electron chi connectivity index (χ4n) is 2.56. The Labute approximate surface area is 162 Å². The summed E-state index contributed by atoms with van der Waals surface area (Å²) in [5.41, 5.74) is 3.36. The highest BCUT2D eigenvalue weighted by Crippen LogP contribution is 2.27. The summed E-state index contributed by atoms with van der Waals surface area (Å²) in [6.45, 7) is 0. The van der Waals surface area contributed by atoms with Crippen molar-refractivity contribution in [3.8, 4) is 11.5 Å². The number of carbonyl (C=O) groups excluding carboxylic acids is 1. The van der Waals surface area contributed by atoms with Gasteiger partial charge in [0, 0.05) is 20.7 Å². The first kappa shape index (κ1) is 16.8. The molecule has 4 rings (SSSR count). The van der Waals surface area contributed by atoms with Gasteiger partial charge in [-0.05, 0) is 70.5 Å². The molecule has 1 aromatic heterocycles. The van der Waals surface area contributed by atoms with Crippen molar-refractivity contribution in [2.45, 2.75) is 0 Å². The first-order valence-corrected chi connectivity index (χ1v) is 9.00. The molecular formula is C20H12BrClN2O2. The molecule has 1 N–H and O–H groups in total. The smallest absolute Gasteiger partial charge is 0.256 e. The van der Waals surface area contributed by atoms with Gasteiger partial charge in [0.15, 0.2) is 5.58 Å². The van der Waals surface area contributed by atoms with Crippen molar-refractivity contribution in [1.29, 1.82) is 0 Å². The molecule has 3 aromatic carbocycles. The first-order valence-electron chi connectivity index (χ1n) is 7.82. The van der Waals surface area contributed by atoms with Crippen LogP contribution in [0.2, 0.25) is 5.02 Å². The Kier molecular flexibility index (Phi) is 4.49. The van der Waals surface area contributed by atoms with Gasteiger partial charge in [-0.1, -0.05) is 23.7 Å². The standard InChI is InChI=1S/C20H12BrClN2O2/c21-16-4-2-1-3-15(16)19(25)23-14-9-10-18-17(11-14)24-20(26-18)12-5-7-13(22)8-6-12/h1-11H,(H,23,25). The predicted molar refractivity (Wildman–Crippen MR) is 107 cm³/mol. The van der Waals surface area contributed by atoms with Gasteiger partial charge in [-0.2, -0.15) is 0 Å². The van der Waals surface area contributed by atoms with E-state index in [9.17, 15) is 4.79 Å². The molecule has 0 unspecified atom stereocenters. The molecule has 0 spiro atoms. The lowest BCUT2D eigenvalue weighted by Crippen LogP contribution is -2.12. The Morgan fingerprint density at radius 1 is 1.04 bits per heavy atom. The van der Waals surface area contributed by atoms with E-state index in [0.29, 0.717) is 33.3 Å². The summed E-state index contributed by atoms with van der Waals surface area (Å²) in [5.74, 6) is 0.309. The number of nitrogens with one attached hydrogen (secondary N) is 1. The average molecular weight is 428 g/mol. The normalized spacial score (nSPS) is 10.8. The molecule has 0 aliphatic heterocycles. The molecule has 4 aromatic rings. The third-order valence-corrected chi connectivity index (χ3v) is 4.80. The Hall–Kier alpha value is -2.63. The lowest BCUT2D eigenvalue weighted by molar-refractivity contribution is 0.102. The molecule has 1 heterocycles. The van der Waals surface area contributed by atoms with E-state index >= 15 is 0 Å². The van der Waals surface area contributed by atoms with E-state index in [1.807, 2.05) is 30.3 Å². The topological polar surface area (TPSA) is 55.1 Å². The van der Waals surface area contributed by atoms with E-state index < -0.39 is 0 Å². The minimum Gasteiger partial charge on any atom is -0.436 e. The number of hydrogen-bond donors (Lipinski definition) is 1. The third kappa shape index (κ3) is 3.36. The van der Waals surface area contributed by atoms with Crippen molar-refractivity contribution in [2.75, 3.05) is 5.32 Å². The fraction of sp³-hybridized carbons (Fsp3) is 0. The van der Waals surface area contributed by atoms with Crippen LogP contribution in [-0.2, 0) is 0 Å². The summed E-state index contributed by atoms with van der Waals surface area (Å²) in [7, 11) is 0. The number of oxazole rings is 1. The molecule has 0 fully saturated rings. The Balaban J connectivity index is 1.62. The fourth-order valence-corrected chi connectivity index (χ4v) is 3.16. The number of amides is 1. The summed E-state index contributed by atoms with van der Waals surface area (Å²) in [5, 5.41) is 3.53. The summed E-state index contributed by atoms with van der Waals surface area (Å²) in [4.78, 5) is 16.9. The first-order chi connectivity index (χ1) is 12.6. The van der Waals surface area contributed by atoms with Crippen molar-refractivity contribution >= 4 is 50.2 Å². The summed E-state index contributed by atoms with van der Waals surface area (Å²) in [6.07, 6.45) is 0. The Morgan fingerprint density at radius 3 is 2.58 bits per heavy atom. The minimum absolute atomic E-state index is 0.196. The maximum atomic E-state index is 12.4. The largest absolute Gasteiger partial charge is 0.436 e. The second-order valence-corrected chi connectivity index (χ2v) is 6.93. The monoisotopic (exact) mass is 426 g/mol. The van der Waals surface area contributed by atoms with Gasteiger partial charge < -0.3 is 9.73 Å². The highest BCUT2D eigenvalue weighted by atomic mass is 79.9. The molecule has 1 amide bonds. The molecule has 0 aliphatic rings. The van der Waals surface area contributed by atoms with Crippen molar-refractivity contribution in [3.63, 3.8) is 0 Å². The summed E-state index contributed by atoms with van der Waals surface area (Å²) < 4.78 is 6.52. The number of anilines is 1. The number of halogens is 2. The molecule has 0 saturated carbocycles. The summed E-state index contributed by atoms with van der Waals surface area (Å²) >= 11 is 9.30. The predicted octanol–water partition coefficient (Wildman–Crippen LogP) is 6.16. The average Bonchev–Trinajstić information content (AvgIpc) is 3.06. The second-order valence-electron chi connectivity index (χ2n) is 5.64. The zero-order valence-corrected chi connectivity index (χ0v) is 15.7. The van der Waals surface area contributed by atoms with Gasteiger partial charge in [0.05, 0.1) is 5.56 Å². The van der Waals surface area contributed by atoms with E-state index in [1.165, 1.54) is 0 Å². The van der Waals surface area contributed by atoms with Crippen LogP contribution >= 0.6 is 27.5 Å². The van der Waals surface area contributed by atoms with Crippen molar-refractivity contribution in [3.05, 3.63) is 81.8 Å². The van der Waals surface area contributed by atoms with Crippen LogP contribution in [0.1, 0.15) is 10.4 Å². The summed E-state index contributed by atoms with van der Waals surface area (Å²) in [6, 6.07) is 19.9. The van der Waals surface area contributed by atoms with Gasteiger partial charge in [0.25, 0.3) is 5.91 Å². The molecule has 128 valence electrons. The minimum atomic E-state index is -0.196. The zero-order valence-electron chi connectivity index (χ0n) is 13.4. The van der Waals surface area contributed by atoms with Gasteiger partial charge >= 0.3 is 0 Å². The van der Waals surface area contributed by atoms with Gasteiger partial charge in [-0.3, -0.25) is 4.79 Å². The van der Waals surface area contributed by atoms with Crippen LogP contribution in [0, 0.1) is 0 Å². The maximum Gasteiger partial charge on any atom is 0.256 e. The molecule has 0 radical (unpaired) electrons. The van der Waals surface area contributed by atoms with E-state index in [2.05, 4.69) is 26.2 Å². The molecular weight excluding hydrogens is 416 g/mol. The van der Waals surface area contributed by atoms with E-state index in [0.717, 1.165) is 10.0 Å². The van der Waals surface area contributed by atoms with Crippen LogP contribution in [0.5, 0.6) is 0 Å². The zero-order chi connectivity index (χ0) is 18.1. The molecule has 0 saturated heterocycles. The highest BCUT2D eigenvalue weighted by Gasteiger charge is 2.12. The molecule has 6 heteroatoms. The van der Waals surface area contributed by atoms with Crippen molar-refractivity contribution < 1.29 is 9.21 Å². The van der Waals surface area contributed by atoms with E-state index in [-0.39, 0.29) is 5.91 Å². The van der Waals surface area contributed by atoms with Gasteiger partial charge in [-0.15, -0.1) is 0 Å². The van der Waals surface area contributed by atoms with Gasteiger partial charge in [-0.25, -0.2) is 4.98 Å². The van der Waals surface area contributed by atoms with E-state index in [4.69, 9.17) is 16.0 Å². The lowest BCUT2D eigenvalue weighted by atomic mass is 10.2. The lowest BCUT2D eigenvalue weighted by Gasteiger charge is -2.06. The third-order valence-electron chi connectivity index (χ3n) is 3.86. The molecule has 26 heavy (non-hydrogen) atoms. The number of fused-ring (bicyclic) bond motifs is 1. The number of aromatic nitrogens is 1. The SMILES string of the molecule is O=C(Nc1ccc2oc(-c3ccc(Cl)cc3)nc2c1)c1ccccc1Br. The van der Waals surface area contributed by atoms with Crippen LogP contribution < -0.4 is 5.32 Å². The molecule has 0 atom stereocenters. The van der Waals surface area contributed by atoms with Crippen LogP contribution in [0.15, 0.2) is 75.6 Å². The number of nitrogens with zero attached hydrogens (tertiary/aromatic N) is 1. The maximum absolute atomic E-state index is 12.4. The Morgan fingerprint density at radius 2 is 1.81 bits per heavy atom.